The zero-order valence-electron chi connectivity index (χ0n) is 8.02. The SMILES string of the molecule is CC#CN=[C-]C(C)(C)C#CC.[Y]. The average Bonchev–Trinajstić information content (AvgIpc) is 1.87. The van der Waals surface area contributed by atoms with Crippen LogP contribution in [0, 0.1) is 29.2 Å². The zero-order chi connectivity index (χ0) is 8.74. The topological polar surface area (TPSA) is 12.4 Å². The molecule has 0 spiro atoms. The third-order valence-electron chi connectivity index (χ3n) is 0.941. The summed E-state index contributed by atoms with van der Waals surface area (Å²) in [6, 6.07) is 2.56. The van der Waals surface area contributed by atoms with Crippen molar-refractivity contribution in [3.8, 4) is 23.8 Å². The minimum Gasteiger partial charge on any atom is -0.423 e. The molecule has 0 atom stereocenters. The van der Waals surface area contributed by atoms with Gasteiger partial charge >= 0.3 is 0 Å². The van der Waals surface area contributed by atoms with Gasteiger partial charge in [0.25, 0.3) is 0 Å². The summed E-state index contributed by atoms with van der Waals surface area (Å²) in [5.41, 5.74) is -0.279. The van der Waals surface area contributed by atoms with Gasteiger partial charge in [0, 0.05) is 32.7 Å². The van der Waals surface area contributed by atoms with Crippen molar-refractivity contribution >= 4 is 6.21 Å². The minimum absolute atomic E-state index is 0. The summed E-state index contributed by atoms with van der Waals surface area (Å²) in [5.74, 6) is 8.43. The number of aliphatic imine (C=N–C) groups is 1. The Kier molecular flexibility index (Phi) is 9.06. The predicted octanol–water partition coefficient (Wildman–Crippen LogP) is 1.96. The first-order valence-electron chi connectivity index (χ1n) is 3.45. The van der Waals surface area contributed by atoms with Crippen LogP contribution in [0.5, 0.6) is 0 Å². The fourth-order valence-electron chi connectivity index (χ4n) is 0.564. The Bertz CT molecular complexity index is 255. The van der Waals surface area contributed by atoms with Crippen molar-refractivity contribution in [2.45, 2.75) is 27.7 Å². The Morgan fingerprint density at radius 1 is 1.17 bits per heavy atom. The summed E-state index contributed by atoms with van der Waals surface area (Å²) in [4.78, 5) is 3.77. The largest absolute Gasteiger partial charge is 0.423 e. The van der Waals surface area contributed by atoms with Gasteiger partial charge in [0.1, 0.15) is 0 Å². The molecule has 0 aromatic rings. The van der Waals surface area contributed by atoms with Gasteiger partial charge in [-0.05, 0) is 19.3 Å². The molecule has 0 bridgehead atoms. The van der Waals surface area contributed by atoms with Gasteiger partial charge in [-0.3, -0.25) is 0 Å². The zero-order valence-corrected chi connectivity index (χ0v) is 10.9. The van der Waals surface area contributed by atoms with Gasteiger partial charge in [0.05, 0.1) is 0 Å². The number of hydrogen-bond donors (Lipinski definition) is 0. The Balaban J connectivity index is 0. The molecule has 0 heterocycles. The molecule has 12 heavy (non-hydrogen) atoms. The maximum atomic E-state index is 3.77. The molecule has 1 nitrogen and oxygen atoms in total. The van der Waals surface area contributed by atoms with Gasteiger partial charge in [-0.15, -0.1) is 18.1 Å². The molecule has 0 aliphatic heterocycles. The van der Waals surface area contributed by atoms with E-state index in [9.17, 15) is 0 Å². The molecule has 1 radical (unpaired) electrons. The van der Waals surface area contributed by atoms with Crippen LogP contribution in [-0.2, 0) is 32.7 Å². The van der Waals surface area contributed by atoms with Crippen molar-refractivity contribution < 1.29 is 32.7 Å². The van der Waals surface area contributed by atoms with Gasteiger partial charge in [-0.25, -0.2) is 12.0 Å². The molecule has 0 amide bonds. The third-order valence-corrected chi connectivity index (χ3v) is 0.941. The predicted molar refractivity (Wildman–Crippen MR) is 48.1 cm³/mol. The van der Waals surface area contributed by atoms with E-state index in [0.29, 0.717) is 0 Å². The Hall–Kier alpha value is -0.106. The summed E-state index contributed by atoms with van der Waals surface area (Å²) < 4.78 is 0. The first-order chi connectivity index (χ1) is 5.12. The van der Waals surface area contributed by atoms with Crippen molar-refractivity contribution in [3.63, 3.8) is 0 Å². The van der Waals surface area contributed by atoms with E-state index in [2.05, 4.69) is 35.0 Å². The first-order valence-corrected chi connectivity index (χ1v) is 3.45. The van der Waals surface area contributed by atoms with Gasteiger partial charge in [-0.2, -0.15) is 0 Å². The van der Waals surface area contributed by atoms with Gasteiger partial charge < -0.3 is 4.99 Å². The number of hydrogen-bond acceptors (Lipinski definition) is 1. The van der Waals surface area contributed by atoms with E-state index < -0.39 is 0 Å². The van der Waals surface area contributed by atoms with E-state index >= 15 is 0 Å². The molecule has 2 heteroatoms. The molecule has 0 fully saturated rings. The minimum atomic E-state index is -0.279. The van der Waals surface area contributed by atoms with Crippen molar-refractivity contribution in [2.24, 2.45) is 10.4 Å². The fraction of sp³-hybridized carbons (Fsp3) is 0.500. The molecule has 0 aliphatic carbocycles. The molecule has 0 aliphatic rings. The fourth-order valence-corrected chi connectivity index (χ4v) is 0.564. The van der Waals surface area contributed by atoms with Gasteiger partial charge in [0.2, 0.25) is 0 Å². The molecule has 0 unspecified atom stereocenters. The van der Waals surface area contributed by atoms with Crippen LogP contribution in [0.25, 0.3) is 0 Å². The molecular weight excluding hydrogens is 223 g/mol. The molecule has 0 aromatic heterocycles. The standard InChI is InChI=1S/C10H12N.Y/c1-5-7-10(3,4)9-11-8-6-2;/h1-4H3;/q-1;. The monoisotopic (exact) mass is 235 g/mol. The molecule has 0 aromatic carbocycles. The number of nitrogens with zero attached hydrogens (tertiary/aromatic N) is 1. The van der Waals surface area contributed by atoms with Crippen LogP contribution >= 0.6 is 0 Å². The van der Waals surface area contributed by atoms with E-state index in [1.807, 2.05) is 13.8 Å². The van der Waals surface area contributed by atoms with Crippen molar-refractivity contribution in [3.05, 3.63) is 0 Å². The van der Waals surface area contributed by atoms with E-state index in [4.69, 9.17) is 0 Å². The second kappa shape index (κ2) is 7.54. The molecule has 61 valence electrons. The summed E-state index contributed by atoms with van der Waals surface area (Å²) in [7, 11) is 0. The van der Waals surface area contributed by atoms with Crippen molar-refractivity contribution in [1.82, 2.24) is 0 Å². The summed E-state index contributed by atoms with van der Waals surface area (Å²) >= 11 is 0. The Morgan fingerprint density at radius 2 is 1.75 bits per heavy atom. The molecule has 0 N–H and O–H groups in total. The van der Waals surface area contributed by atoms with Crippen LogP contribution in [0.1, 0.15) is 27.7 Å². The van der Waals surface area contributed by atoms with E-state index in [0.717, 1.165) is 0 Å². The maximum absolute atomic E-state index is 3.77. The second-order valence-corrected chi connectivity index (χ2v) is 2.59. The quantitative estimate of drug-likeness (QED) is 0.374. The van der Waals surface area contributed by atoms with E-state index in [1.165, 1.54) is 0 Å². The van der Waals surface area contributed by atoms with Crippen LogP contribution in [0.15, 0.2) is 4.99 Å². The van der Waals surface area contributed by atoms with Crippen LogP contribution < -0.4 is 0 Å². The van der Waals surface area contributed by atoms with Crippen molar-refractivity contribution in [1.29, 1.82) is 0 Å². The third kappa shape index (κ3) is 7.99. The van der Waals surface area contributed by atoms with Crippen LogP contribution in [0.4, 0.5) is 0 Å². The van der Waals surface area contributed by atoms with Crippen LogP contribution in [0.2, 0.25) is 0 Å². The molecule has 0 rings (SSSR count). The second-order valence-electron chi connectivity index (χ2n) is 2.59. The number of rotatable bonds is 1. The van der Waals surface area contributed by atoms with E-state index in [-0.39, 0.29) is 38.1 Å². The van der Waals surface area contributed by atoms with E-state index in [1.54, 1.807) is 13.8 Å². The normalized spacial score (nSPS) is 9.00. The van der Waals surface area contributed by atoms with Crippen LogP contribution in [0.3, 0.4) is 0 Å². The Labute approximate surface area is 100 Å². The van der Waals surface area contributed by atoms with Crippen molar-refractivity contribution in [2.75, 3.05) is 0 Å². The first kappa shape index (κ1) is 14.4. The smallest absolute Gasteiger partial charge is 0 e. The molecular formula is C10H12NY-. The molecule has 0 saturated heterocycles. The van der Waals surface area contributed by atoms with Gasteiger partial charge in [-0.1, -0.05) is 13.8 Å². The summed E-state index contributed by atoms with van der Waals surface area (Å²) in [6.45, 7) is 7.44. The molecule has 0 saturated carbocycles. The Morgan fingerprint density at radius 3 is 2.17 bits per heavy atom. The van der Waals surface area contributed by atoms with Gasteiger partial charge in [0.15, 0.2) is 0 Å². The average molecular weight is 235 g/mol. The van der Waals surface area contributed by atoms with Crippen LogP contribution in [-0.4, -0.2) is 6.21 Å². The maximum Gasteiger partial charge on any atom is 0 e. The summed E-state index contributed by atoms with van der Waals surface area (Å²) in [5, 5.41) is 0. The summed E-state index contributed by atoms with van der Waals surface area (Å²) in [6.07, 6.45) is 2.84.